The van der Waals surface area contributed by atoms with Crippen LogP contribution in [-0.2, 0) is 11.3 Å². The third-order valence-electron chi connectivity index (χ3n) is 5.43. The summed E-state index contributed by atoms with van der Waals surface area (Å²) in [6.07, 6.45) is 4.28. The van der Waals surface area contributed by atoms with Crippen LogP contribution in [0.1, 0.15) is 30.0 Å². The van der Waals surface area contributed by atoms with Gasteiger partial charge < -0.3 is 5.32 Å². The van der Waals surface area contributed by atoms with Gasteiger partial charge in [-0.05, 0) is 60.6 Å². The van der Waals surface area contributed by atoms with Crippen LogP contribution < -0.4 is 5.32 Å². The van der Waals surface area contributed by atoms with E-state index in [9.17, 15) is 4.79 Å². The number of fused-ring (bicyclic) bond motifs is 1. The monoisotopic (exact) mass is 382 g/mol. The Hall–Kier alpha value is -3.47. The van der Waals surface area contributed by atoms with Crippen LogP contribution >= 0.6 is 0 Å². The zero-order chi connectivity index (χ0) is 19.8. The van der Waals surface area contributed by atoms with Gasteiger partial charge in [0.15, 0.2) is 5.65 Å². The van der Waals surface area contributed by atoms with E-state index in [1.54, 1.807) is 4.68 Å². The molecule has 0 bridgehead atoms. The molecule has 2 aromatic heterocycles. The Morgan fingerprint density at radius 2 is 1.76 bits per heavy atom. The lowest BCUT2D eigenvalue weighted by Crippen LogP contribution is -2.19. The molecule has 1 saturated carbocycles. The lowest BCUT2D eigenvalue weighted by atomic mass is 10.1. The van der Waals surface area contributed by atoms with Crippen LogP contribution in [0.25, 0.3) is 22.2 Å². The first-order chi connectivity index (χ1) is 14.2. The number of nitrogens with one attached hydrogen (secondary N) is 1. The van der Waals surface area contributed by atoms with Gasteiger partial charge in [-0.1, -0.05) is 42.5 Å². The molecule has 144 valence electrons. The second kappa shape index (κ2) is 7.17. The first kappa shape index (κ1) is 17.6. The predicted molar refractivity (Wildman–Crippen MR) is 115 cm³/mol. The molecule has 1 aliphatic rings. The van der Waals surface area contributed by atoms with Crippen molar-refractivity contribution in [2.45, 2.75) is 32.2 Å². The van der Waals surface area contributed by atoms with Gasteiger partial charge in [-0.25, -0.2) is 9.67 Å². The van der Waals surface area contributed by atoms with Gasteiger partial charge in [0.2, 0.25) is 5.91 Å². The van der Waals surface area contributed by atoms with Gasteiger partial charge in [0.1, 0.15) is 6.54 Å². The highest BCUT2D eigenvalue weighted by molar-refractivity contribution is 5.92. The summed E-state index contributed by atoms with van der Waals surface area (Å²) < 4.78 is 1.71. The number of hydrogen-bond acceptors (Lipinski definition) is 3. The summed E-state index contributed by atoms with van der Waals surface area (Å²) in [6, 6.07) is 20.2. The zero-order valence-corrected chi connectivity index (χ0v) is 16.3. The van der Waals surface area contributed by atoms with E-state index in [0.29, 0.717) is 5.92 Å². The van der Waals surface area contributed by atoms with Crippen LogP contribution in [0.2, 0.25) is 0 Å². The Morgan fingerprint density at radius 3 is 2.48 bits per heavy atom. The molecule has 5 nitrogen and oxygen atoms in total. The molecule has 29 heavy (non-hydrogen) atoms. The molecule has 2 aromatic carbocycles. The van der Waals surface area contributed by atoms with Crippen LogP contribution in [0.5, 0.6) is 0 Å². The molecule has 0 atom stereocenters. The Balaban J connectivity index is 1.33. The quantitative estimate of drug-likeness (QED) is 0.533. The van der Waals surface area contributed by atoms with Gasteiger partial charge >= 0.3 is 0 Å². The van der Waals surface area contributed by atoms with Crippen molar-refractivity contribution < 1.29 is 4.79 Å². The molecule has 1 N–H and O–H groups in total. The van der Waals surface area contributed by atoms with Crippen molar-refractivity contribution in [3.8, 4) is 11.1 Å². The van der Waals surface area contributed by atoms with E-state index in [4.69, 9.17) is 0 Å². The third-order valence-corrected chi connectivity index (χ3v) is 5.43. The first-order valence-corrected chi connectivity index (χ1v) is 9.96. The Morgan fingerprint density at radius 1 is 1.03 bits per heavy atom. The van der Waals surface area contributed by atoms with E-state index in [-0.39, 0.29) is 12.5 Å². The number of amides is 1. The van der Waals surface area contributed by atoms with Crippen molar-refractivity contribution in [1.29, 1.82) is 0 Å². The number of carbonyl (C=O) groups excluding carboxylic acids is 1. The highest BCUT2D eigenvalue weighted by atomic mass is 16.2. The van der Waals surface area contributed by atoms with Gasteiger partial charge in [-0.3, -0.25) is 4.79 Å². The topological polar surface area (TPSA) is 59.8 Å². The Kier molecular flexibility index (Phi) is 4.35. The molecule has 5 rings (SSSR count). The van der Waals surface area contributed by atoms with E-state index >= 15 is 0 Å². The number of nitrogens with zero attached hydrogens (tertiary/aromatic N) is 3. The molecule has 1 amide bonds. The molecule has 1 fully saturated rings. The predicted octanol–water partition coefficient (Wildman–Crippen LogP) is 4.92. The first-order valence-electron chi connectivity index (χ1n) is 9.96. The van der Waals surface area contributed by atoms with Gasteiger partial charge in [-0.2, -0.15) is 5.10 Å². The molecule has 4 aromatic rings. The fourth-order valence-electron chi connectivity index (χ4n) is 3.87. The third kappa shape index (κ3) is 3.51. The molecule has 0 unspecified atom stereocenters. The maximum absolute atomic E-state index is 12.6. The van der Waals surface area contributed by atoms with Crippen molar-refractivity contribution in [3.63, 3.8) is 0 Å². The smallest absolute Gasteiger partial charge is 0.246 e. The summed E-state index contributed by atoms with van der Waals surface area (Å²) in [7, 11) is 0. The van der Waals surface area contributed by atoms with Crippen molar-refractivity contribution in [3.05, 3.63) is 78.1 Å². The molecule has 1 aliphatic carbocycles. The molecule has 0 saturated heterocycles. The number of anilines is 1. The minimum absolute atomic E-state index is 0.111. The SMILES string of the molecule is Cc1nn(CC(=O)Nc2ccc(-c3ccccc3)cc2)c2nccc(C3CC3)c12. The maximum atomic E-state index is 12.6. The second-order valence-corrected chi connectivity index (χ2v) is 7.61. The second-order valence-electron chi connectivity index (χ2n) is 7.61. The summed E-state index contributed by atoms with van der Waals surface area (Å²) in [4.78, 5) is 17.1. The van der Waals surface area contributed by atoms with Crippen molar-refractivity contribution in [1.82, 2.24) is 14.8 Å². The van der Waals surface area contributed by atoms with Crippen LogP contribution in [0.3, 0.4) is 0 Å². The standard InChI is InChI=1S/C24H22N4O/c1-16-23-21(19-7-8-19)13-14-25-24(23)28(27-16)15-22(29)26-20-11-9-18(10-12-20)17-5-3-2-4-6-17/h2-6,9-14,19H,7-8,15H2,1H3,(H,26,29). The van der Waals surface area contributed by atoms with E-state index in [0.717, 1.165) is 33.5 Å². The summed E-state index contributed by atoms with van der Waals surface area (Å²) in [5.41, 5.74) is 6.09. The summed E-state index contributed by atoms with van der Waals surface area (Å²) >= 11 is 0. The van der Waals surface area contributed by atoms with Crippen LogP contribution in [-0.4, -0.2) is 20.7 Å². The van der Waals surface area contributed by atoms with E-state index < -0.39 is 0 Å². The number of rotatable bonds is 5. The van der Waals surface area contributed by atoms with Gasteiger partial charge in [0, 0.05) is 17.3 Å². The minimum atomic E-state index is -0.111. The normalized spacial score (nSPS) is 13.6. The van der Waals surface area contributed by atoms with E-state index in [2.05, 4.69) is 33.6 Å². The van der Waals surface area contributed by atoms with Crippen molar-refractivity contribution in [2.24, 2.45) is 0 Å². The lowest BCUT2D eigenvalue weighted by molar-refractivity contribution is -0.116. The number of hydrogen-bond donors (Lipinski definition) is 1. The molecule has 2 heterocycles. The number of benzene rings is 2. The largest absolute Gasteiger partial charge is 0.324 e. The van der Waals surface area contributed by atoms with E-state index in [1.807, 2.05) is 55.6 Å². The fraction of sp³-hybridized carbons (Fsp3) is 0.208. The summed E-state index contributed by atoms with van der Waals surface area (Å²) in [5.74, 6) is 0.509. The molecular formula is C24H22N4O. The molecule has 0 spiro atoms. The van der Waals surface area contributed by atoms with Gasteiger partial charge in [-0.15, -0.1) is 0 Å². The minimum Gasteiger partial charge on any atom is -0.324 e. The highest BCUT2D eigenvalue weighted by Gasteiger charge is 2.27. The molecular weight excluding hydrogens is 360 g/mol. The Labute approximate surface area is 169 Å². The van der Waals surface area contributed by atoms with Gasteiger partial charge in [0.05, 0.1) is 5.69 Å². The van der Waals surface area contributed by atoms with E-state index in [1.165, 1.54) is 18.4 Å². The number of aryl methyl sites for hydroxylation is 1. The molecule has 5 heteroatoms. The average Bonchev–Trinajstić information content (AvgIpc) is 3.54. The average molecular weight is 382 g/mol. The number of carbonyl (C=O) groups is 1. The maximum Gasteiger partial charge on any atom is 0.246 e. The molecule has 0 aliphatic heterocycles. The number of pyridine rings is 1. The lowest BCUT2D eigenvalue weighted by Gasteiger charge is -2.08. The highest BCUT2D eigenvalue weighted by Crippen LogP contribution is 2.43. The van der Waals surface area contributed by atoms with Crippen LogP contribution in [0.15, 0.2) is 66.9 Å². The van der Waals surface area contributed by atoms with Gasteiger partial charge in [0.25, 0.3) is 0 Å². The fourth-order valence-corrected chi connectivity index (χ4v) is 3.87. The number of aromatic nitrogens is 3. The zero-order valence-electron chi connectivity index (χ0n) is 16.3. The van der Waals surface area contributed by atoms with Crippen LogP contribution in [0, 0.1) is 6.92 Å². The van der Waals surface area contributed by atoms with Crippen molar-refractivity contribution in [2.75, 3.05) is 5.32 Å². The van der Waals surface area contributed by atoms with Crippen LogP contribution in [0.4, 0.5) is 5.69 Å². The molecule has 0 radical (unpaired) electrons. The Bertz CT molecular complexity index is 1170. The van der Waals surface area contributed by atoms with Crippen molar-refractivity contribution >= 4 is 22.6 Å². The summed E-state index contributed by atoms with van der Waals surface area (Å²) in [5, 5.41) is 8.66. The summed E-state index contributed by atoms with van der Waals surface area (Å²) in [6.45, 7) is 2.14.